The molecule has 16 heavy (non-hydrogen) atoms. The van der Waals surface area contributed by atoms with Gasteiger partial charge in [0.1, 0.15) is 0 Å². The van der Waals surface area contributed by atoms with Gasteiger partial charge in [0.05, 0.1) is 0 Å². The van der Waals surface area contributed by atoms with Crippen molar-refractivity contribution < 1.29 is 9.59 Å². The molecule has 0 radical (unpaired) electrons. The summed E-state index contributed by atoms with van der Waals surface area (Å²) >= 11 is 0. The second-order valence-electron chi connectivity index (χ2n) is 4.30. The lowest BCUT2D eigenvalue weighted by molar-refractivity contribution is -0.121. The zero-order chi connectivity index (χ0) is 11.8. The molecule has 0 saturated heterocycles. The Bertz CT molecular complexity index is 235. The van der Waals surface area contributed by atoms with E-state index in [4.69, 9.17) is 5.73 Å². The number of hydrogen-bond acceptors (Lipinski definition) is 2. The zero-order valence-electron chi connectivity index (χ0n) is 9.63. The first-order valence-electron chi connectivity index (χ1n) is 6.01. The molecule has 0 bridgehead atoms. The molecule has 5 nitrogen and oxygen atoms in total. The molecule has 0 atom stereocenters. The van der Waals surface area contributed by atoms with Crippen molar-refractivity contribution in [3.63, 3.8) is 0 Å². The van der Waals surface area contributed by atoms with Crippen LogP contribution in [0.2, 0.25) is 0 Å². The number of nitrogens with one attached hydrogen (secondary N) is 2. The third-order valence-corrected chi connectivity index (χ3v) is 2.87. The number of nitrogens with two attached hydrogens (primary N) is 1. The van der Waals surface area contributed by atoms with Crippen LogP contribution in [0.25, 0.3) is 0 Å². The molecule has 0 aromatic rings. The smallest absolute Gasteiger partial charge is 0.312 e. The molecule has 1 aliphatic rings. The molecule has 1 saturated carbocycles. The highest BCUT2D eigenvalue weighted by Crippen LogP contribution is 2.17. The molecular weight excluding hydrogens is 206 g/mol. The van der Waals surface area contributed by atoms with Crippen LogP contribution in [0.1, 0.15) is 44.9 Å². The highest BCUT2D eigenvalue weighted by Gasteiger charge is 2.14. The van der Waals surface area contributed by atoms with Gasteiger partial charge in [-0.25, -0.2) is 4.79 Å². The van der Waals surface area contributed by atoms with Gasteiger partial charge in [-0.3, -0.25) is 4.79 Å². The van der Waals surface area contributed by atoms with E-state index in [0.717, 1.165) is 12.8 Å². The highest BCUT2D eigenvalue weighted by molar-refractivity contribution is 5.77. The van der Waals surface area contributed by atoms with Gasteiger partial charge in [0.25, 0.3) is 0 Å². The van der Waals surface area contributed by atoms with Crippen LogP contribution in [0.5, 0.6) is 0 Å². The number of hydrogen-bond donors (Lipinski definition) is 3. The summed E-state index contributed by atoms with van der Waals surface area (Å²) in [5.74, 6) is 0.000602. The Balaban J connectivity index is 2.14. The van der Waals surface area contributed by atoms with Gasteiger partial charge in [-0.05, 0) is 12.8 Å². The van der Waals surface area contributed by atoms with E-state index in [-0.39, 0.29) is 5.91 Å². The van der Waals surface area contributed by atoms with Gasteiger partial charge in [-0.2, -0.15) is 0 Å². The fourth-order valence-corrected chi connectivity index (χ4v) is 2.02. The molecule has 0 aliphatic heterocycles. The first kappa shape index (κ1) is 12.8. The number of urea groups is 1. The number of carbonyl (C=O) groups excluding carboxylic acids is 2. The minimum Gasteiger partial charge on any atom is -0.353 e. The average Bonchev–Trinajstić information content (AvgIpc) is 2.45. The van der Waals surface area contributed by atoms with Crippen LogP contribution < -0.4 is 16.4 Å². The molecule has 4 N–H and O–H groups in total. The maximum absolute atomic E-state index is 11.5. The Morgan fingerprint density at radius 2 is 1.75 bits per heavy atom. The van der Waals surface area contributed by atoms with E-state index in [2.05, 4.69) is 10.6 Å². The minimum atomic E-state index is -0.581. The Morgan fingerprint density at radius 3 is 2.31 bits per heavy atom. The molecule has 0 unspecified atom stereocenters. The standard InChI is InChI=1S/C11H21N3O2/c12-11(16)13-8-7-10(15)14-9-5-3-1-2-4-6-9/h9H,1-8H2,(H,14,15)(H3,12,13,16). The van der Waals surface area contributed by atoms with Gasteiger partial charge in [0, 0.05) is 19.0 Å². The van der Waals surface area contributed by atoms with Crippen LogP contribution in [0.15, 0.2) is 0 Å². The molecule has 1 rings (SSSR count). The highest BCUT2D eigenvalue weighted by atomic mass is 16.2. The van der Waals surface area contributed by atoms with Crippen molar-refractivity contribution in [2.24, 2.45) is 5.73 Å². The van der Waals surface area contributed by atoms with Crippen molar-refractivity contribution >= 4 is 11.9 Å². The normalized spacial score (nSPS) is 17.5. The predicted octanol–water partition coefficient (Wildman–Crippen LogP) is 0.884. The van der Waals surface area contributed by atoms with Crippen molar-refractivity contribution in [2.75, 3.05) is 6.54 Å². The van der Waals surface area contributed by atoms with Crippen LogP contribution in [-0.2, 0) is 4.79 Å². The largest absolute Gasteiger partial charge is 0.353 e. The van der Waals surface area contributed by atoms with E-state index < -0.39 is 6.03 Å². The summed E-state index contributed by atoms with van der Waals surface area (Å²) < 4.78 is 0. The van der Waals surface area contributed by atoms with Gasteiger partial charge in [-0.1, -0.05) is 25.7 Å². The molecule has 3 amide bonds. The van der Waals surface area contributed by atoms with Crippen molar-refractivity contribution in [2.45, 2.75) is 51.0 Å². The van der Waals surface area contributed by atoms with Gasteiger partial charge in [-0.15, -0.1) is 0 Å². The number of primary amides is 1. The summed E-state index contributed by atoms with van der Waals surface area (Å²) in [6.07, 6.45) is 7.41. The lowest BCUT2D eigenvalue weighted by Gasteiger charge is -2.16. The molecule has 0 heterocycles. The molecule has 5 heteroatoms. The predicted molar refractivity (Wildman–Crippen MR) is 61.8 cm³/mol. The Morgan fingerprint density at radius 1 is 1.12 bits per heavy atom. The summed E-state index contributed by atoms with van der Waals surface area (Å²) in [5, 5.41) is 5.41. The summed E-state index contributed by atoms with van der Waals surface area (Å²) in [6, 6.07) is -0.258. The summed E-state index contributed by atoms with van der Waals surface area (Å²) in [6.45, 7) is 0.313. The van der Waals surface area contributed by atoms with E-state index >= 15 is 0 Å². The third kappa shape index (κ3) is 5.58. The van der Waals surface area contributed by atoms with Gasteiger partial charge < -0.3 is 16.4 Å². The van der Waals surface area contributed by atoms with Gasteiger partial charge >= 0.3 is 6.03 Å². The van der Waals surface area contributed by atoms with Crippen LogP contribution in [0.4, 0.5) is 4.79 Å². The van der Waals surface area contributed by atoms with E-state index in [0.29, 0.717) is 19.0 Å². The number of carbonyl (C=O) groups is 2. The van der Waals surface area contributed by atoms with Crippen LogP contribution in [0, 0.1) is 0 Å². The fraction of sp³-hybridized carbons (Fsp3) is 0.818. The first-order valence-corrected chi connectivity index (χ1v) is 6.01. The molecule has 1 aliphatic carbocycles. The van der Waals surface area contributed by atoms with Crippen molar-refractivity contribution in [1.82, 2.24) is 10.6 Å². The minimum absolute atomic E-state index is 0.000602. The lowest BCUT2D eigenvalue weighted by Crippen LogP contribution is -2.37. The van der Waals surface area contributed by atoms with E-state index in [1.165, 1.54) is 25.7 Å². The van der Waals surface area contributed by atoms with Crippen molar-refractivity contribution in [3.8, 4) is 0 Å². The molecule has 92 valence electrons. The lowest BCUT2D eigenvalue weighted by atomic mass is 10.1. The third-order valence-electron chi connectivity index (χ3n) is 2.87. The second kappa shape index (κ2) is 7.09. The van der Waals surface area contributed by atoms with E-state index in [1.54, 1.807) is 0 Å². The Kier molecular flexibility index (Phi) is 5.67. The van der Waals surface area contributed by atoms with Gasteiger partial charge in [0.2, 0.25) is 5.91 Å². The van der Waals surface area contributed by atoms with Crippen LogP contribution in [-0.4, -0.2) is 24.5 Å². The summed E-state index contributed by atoms with van der Waals surface area (Å²) in [5.41, 5.74) is 4.90. The zero-order valence-corrected chi connectivity index (χ0v) is 9.63. The Hall–Kier alpha value is -1.26. The SMILES string of the molecule is NC(=O)NCCC(=O)NC1CCCCCC1. The summed E-state index contributed by atoms with van der Waals surface area (Å²) in [7, 11) is 0. The van der Waals surface area contributed by atoms with Crippen LogP contribution >= 0.6 is 0 Å². The number of amides is 3. The van der Waals surface area contributed by atoms with Crippen molar-refractivity contribution in [1.29, 1.82) is 0 Å². The van der Waals surface area contributed by atoms with Crippen LogP contribution in [0.3, 0.4) is 0 Å². The molecule has 0 spiro atoms. The number of rotatable bonds is 4. The molecule has 1 fully saturated rings. The Labute approximate surface area is 96.1 Å². The quantitative estimate of drug-likeness (QED) is 0.623. The molecule has 0 aromatic carbocycles. The topological polar surface area (TPSA) is 84.2 Å². The van der Waals surface area contributed by atoms with Crippen molar-refractivity contribution in [3.05, 3.63) is 0 Å². The maximum Gasteiger partial charge on any atom is 0.312 e. The molecule has 0 aromatic heterocycles. The monoisotopic (exact) mass is 227 g/mol. The fourth-order valence-electron chi connectivity index (χ4n) is 2.02. The van der Waals surface area contributed by atoms with E-state index in [1.807, 2.05) is 0 Å². The van der Waals surface area contributed by atoms with Gasteiger partial charge in [0.15, 0.2) is 0 Å². The second-order valence-corrected chi connectivity index (χ2v) is 4.30. The summed E-state index contributed by atoms with van der Waals surface area (Å²) in [4.78, 5) is 21.9. The average molecular weight is 227 g/mol. The maximum atomic E-state index is 11.5. The molecular formula is C11H21N3O2. The first-order chi connectivity index (χ1) is 7.68. The van der Waals surface area contributed by atoms with E-state index in [9.17, 15) is 9.59 Å².